The maximum Gasteiger partial charge on any atom is 0.272 e. The van der Waals surface area contributed by atoms with Gasteiger partial charge in [-0.25, -0.2) is 4.68 Å². The Labute approximate surface area is 106 Å². The van der Waals surface area contributed by atoms with Crippen LogP contribution in [0.5, 0.6) is 0 Å². The van der Waals surface area contributed by atoms with Crippen LogP contribution >= 0.6 is 0 Å². The highest BCUT2D eigenvalue weighted by Crippen LogP contribution is 2.09. The third kappa shape index (κ3) is 2.40. The predicted molar refractivity (Wildman–Crippen MR) is 68.6 cm³/mol. The molecule has 5 nitrogen and oxygen atoms in total. The number of rotatable bonds is 4. The van der Waals surface area contributed by atoms with Gasteiger partial charge in [0.25, 0.3) is 5.91 Å². The van der Waals surface area contributed by atoms with E-state index in [-0.39, 0.29) is 5.91 Å². The largest absolute Gasteiger partial charge is 0.338 e. The van der Waals surface area contributed by atoms with Crippen molar-refractivity contribution in [1.82, 2.24) is 19.7 Å². The van der Waals surface area contributed by atoms with Crippen LogP contribution in [0.25, 0.3) is 5.69 Å². The lowest BCUT2D eigenvalue weighted by Gasteiger charge is -2.18. The fourth-order valence-electron chi connectivity index (χ4n) is 1.77. The van der Waals surface area contributed by atoms with Gasteiger partial charge in [-0.3, -0.25) is 9.78 Å². The van der Waals surface area contributed by atoms with Gasteiger partial charge in [-0.15, -0.1) is 0 Å². The van der Waals surface area contributed by atoms with Gasteiger partial charge in [0.2, 0.25) is 0 Å². The number of aromatic nitrogens is 3. The average Bonchev–Trinajstić information content (AvgIpc) is 2.94. The molecule has 94 valence electrons. The molecule has 2 aromatic rings. The van der Waals surface area contributed by atoms with Crippen LogP contribution in [0.2, 0.25) is 0 Å². The zero-order chi connectivity index (χ0) is 13.0. The normalized spacial score (nSPS) is 10.3. The molecular weight excluding hydrogens is 228 g/mol. The fourth-order valence-corrected chi connectivity index (χ4v) is 1.77. The molecule has 0 saturated heterocycles. The van der Waals surface area contributed by atoms with Crippen LogP contribution in [-0.4, -0.2) is 38.7 Å². The first-order valence-corrected chi connectivity index (χ1v) is 6.01. The Morgan fingerprint density at radius 2 is 2.11 bits per heavy atom. The third-order valence-electron chi connectivity index (χ3n) is 2.78. The Kier molecular flexibility index (Phi) is 3.72. The Hall–Kier alpha value is -2.17. The minimum atomic E-state index is -0.0472. The molecule has 0 unspecified atom stereocenters. The van der Waals surface area contributed by atoms with E-state index >= 15 is 0 Å². The highest BCUT2D eigenvalue weighted by molar-refractivity contribution is 5.92. The summed E-state index contributed by atoms with van der Waals surface area (Å²) >= 11 is 0. The van der Waals surface area contributed by atoms with Crippen LogP contribution in [0.3, 0.4) is 0 Å². The Balaban J connectivity index is 2.30. The smallest absolute Gasteiger partial charge is 0.272 e. The van der Waals surface area contributed by atoms with Gasteiger partial charge in [0.05, 0.1) is 5.69 Å². The zero-order valence-electron chi connectivity index (χ0n) is 10.6. The molecule has 2 rings (SSSR count). The van der Waals surface area contributed by atoms with Crippen molar-refractivity contribution >= 4 is 5.91 Å². The Morgan fingerprint density at radius 1 is 1.33 bits per heavy atom. The second-order valence-corrected chi connectivity index (χ2v) is 3.83. The highest BCUT2D eigenvalue weighted by Gasteiger charge is 2.14. The number of carbonyl (C=O) groups is 1. The van der Waals surface area contributed by atoms with E-state index in [1.807, 2.05) is 32.2 Å². The van der Waals surface area contributed by atoms with Gasteiger partial charge >= 0.3 is 0 Å². The van der Waals surface area contributed by atoms with Crippen molar-refractivity contribution in [3.8, 4) is 5.69 Å². The van der Waals surface area contributed by atoms with E-state index in [0.717, 1.165) is 5.69 Å². The second kappa shape index (κ2) is 5.44. The molecule has 2 heterocycles. The number of pyridine rings is 1. The number of nitrogens with zero attached hydrogens (tertiary/aromatic N) is 4. The van der Waals surface area contributed by atoms with E-state index in [2.05, 4.69) is 10.1 Å². The van der Waals surface area contributed by atoms with Gasteiger partial charge in [0, 0.05) is 31.7 Å². The molecule has 0 saturated carbocycles. The number of carbonyl (C=O) groups excluding carboxylic acids is 1. The van der Waals surface area contributed by atoms with Crippen LogP contribution in [0.4, 0.5) is 0 Å². The molecule has 5 heteroatoms. The lowest BCUT2D eigenvalue weighted by atomic mass is 10.3. The average molecular weight is 244 g/mol. The summed E-state index contributed by atoms with van der Waals surface area (Å²) in [5, 5.41) is 4.14. The van der Waals surface area contributed by atoms with Crippen molar-refractivity contribution < 1.29 is 4.79 Å². The molecule has 2 aromatic heterocycles. The molecule has 1 amide bonds. The van der Waals surface area contributed by atoms with Gasteiger partial charge in [-0.1, -0.05) is 0 Å². The van der Waals surface area contributed by atoms with E-state index in [1.54, 1.807) is 28.0 Å². The number of hydrogen-bond acceptors (Lipinski definition) is 3. The van der Waals surface area contributed by atoms with Gasteiger partial charge in [-0.05, 0) is 32.0 Å². The van der Waals surface area contributed by atoms with Gasteiger partial charge < -0.3 is 4.90 Å². The molecule has 0 aromatic carbocycles. The minimum Gasteiger partial charge on any atom is -0.338 e. The lowest BCUT2D eigenvalue weighted by molar-refractivity contribution is 0.0767. The van der Waals surface area contributed by atoms with Crippen LogP contribution in [0, 0.1) is 0 Å². The van der Waals surface area contributed by atoms with E-state index in [9.17, 15) is 4.79 Å². The van der Waals surface area contributed by atoms with E-state index in [1.165, 1.54) is 0 Å². The second-order valence-electron chi connectivity index (χ2n) is 3.83. The molecule has 0 aliphatic carbocycles. The summed E-state index contributed by atoms with van der Waals surface area (Å²) in [4.78, 5) is 18.0. The Morgan fingerprint density at radius 3 is 2.72 bits per heavy atom. The molecule has 0 atom stereocenters. The molecular formula is C13H16N4O. The summed E-state index contributed by atoms with van der Waals surface area (Å²) in [6, 6.07) is 5.42. The van der Waals surface area contributed by atoms with E-state index < -0.39 is 0 Å². The molecule has 0 aliphatic rings. The number of hydrogen-bond donors (Lipinski definition) is 0. The predicted octanol–water partition coefficient (Wildman–Crippen LogP) is 1.75. The first-order valence-electron chi connectivity index (χ1n) is 6.01. The van der Waals surface area contributed by atoms with E-state index in [0.29, 0.717) is 18.8 Å². The fraction of sp³-hybridized carbons (Fsp3) is 0.308. The first kappa shape index (κ1) is 12.3. The SMILES string of the molecule is CCN(CC)C(=O)c1cc(-n2cccn2)ccn1. The van der Waals surface area contributed by atoms with Crippen LogP contribution in [0.15, 0.2) is 36.8 Å². The molecule has 18 heavy (non-hydrogen) atoms. The highest BCUT2D eigenvalue weighted by atomic mass is 16.2. The molecule has 0 fully saturated rings. The van der Waals surface area contributed by atoms with E-state index in [4.69, 9.17) is 0 Å². The summed E-state index contributed by atoms with van der Waals surface area (Å²) in [7, 11) is 0. The third-order valence-corrected chi connectivity index (χ3v) is 2.78. The van der Waals surface area contributed by atoms with Crippen molar-refractivity contribution in [3.05, 3.63) is 42.5 Å². The zero-order valence-corrected chi connectivity index (χ0v) is 10.6. The van der Waals surface area contributed by atoms with Gasteiger partial charge in [-0.2, -0.15) is 5.10 Å². The topological polar surface area (TPSA) is 51.0 Å². The molecule has 0 spiro atoms. The van der Waals surface area contributed by atoms with Crippen LogP contribution in [0.1, 0.15) is 24.3 Å². The molecule has 0 aliphatic heterocycles. The lowest BCUT2D eigenvalue weighted by Crippen LogP contribution is -2.31. The van der Waals surface area contributed by atoms with Gasteiger partial charge in [0.1, 0.15) is 5.69 Å². The monoisotopic (exact) mass is 244 g/mol. The minimum absolute atomic E-state index is 0.0472. The number of amides is 1. The summed E-state index contributed by atoms with van der Waals surface area (Å²) < 4.78 is 1.71. The van der Waals surface area contributed by atoms with Crippen molar-refractivity contribution in [3.63, 3.8) is 0 Å². The molecule has 0 N–H and O–H groups in total. The summed E-state index contributed by atoms with van der Waals surface area (Å²) in [5.41, 5.74) is 1.29. The Bertz CT molecular complexity index is 518. The molecule has 0 radical (unpaired) electrons. The molecule has 0 bridgehead atoms. The quantitative estimate of drug-likeness (QED) is 0.823. The van der Waals surface area contributed by atoms with Gasteiger partial charge in [0.15, 0.2) is 0 Å². The standard InChI is InChI=1S/C13H16N4O/c1-3-16(4-2)13(18)12-10-11(6-8-14-12)17-9-5-7-15-17/h5-10H,3-4H2,1-2H3. The first-order chi connectivity index (χ1) is 8.76. The summed E-state index contributed by atoms with van der Waals surface area (Å²) in [5.74, 6) is -0.0472. The maximum atomic E-state index is 12.2. The van der Waals surface area contributed by atoms with Crippen molar-refractivity contribution in [2.24, 2.45) is 0 Å². The van der Waals surface area contributed by atoms with Crippen molar-refractivity contribution in [2.75, 3.05) is 13.1 Å². The summed E-state index contributed by atoms with van der Waals surface area (Å²) in [6.07, 6.45) is 5.17. The van der Waals surface area contributed by atoms with Crippen molar-refractivity contribution in [1.29, 1.82) is 0 Å². The van der Waals surface area contributed by atoms with Crippen LogP contribution in [-0.2, 0) is 0 Å². The van der Waals surface area contributed by atoms with Crippen LogP contribution < -0.4 is 0 Å². The maximum absolute atomic E-state index is 12.2. The van der Waals surface area contributed by atoms with Crippen molar-refractivity contribution in [2.45, 2.75) is 13.8 Å². The summed E-state index contributed by atoms with van der Waals surface area (Å²) in [6.45, 7) is 5.28.